The van der Waals surface area contributed by atoms with Crippen LogP contribution in [0.15, 0.2) is 30.3 Å². The van der Waals surface area contributed by atoms with Crippen molar-refractivity contribution >= 4 is 17.0 Å². The van der Waals surface area contributed by atoms with E-state index < -0.39 is 0 Å². The number of unbranched alkanes of at least 4 members (excludes halogenated alkanes) is 14. The van der Waals surface area contributed by atoms with E-state index in [1.54, 1.807) is 0 Å². The van der Waals surface area contributed by atoms with Gasteiger partial charge in [-0.05, 0) is 25.1 Å². The lowest BCUT2D eigenvalue weighted by Crippen LogP contribution is -2.28. The van der Waals surface area contributed by atoms with Gasteiger partial charge in [0, 0.05) is 6.04 Å². The minimum Gasteiger partial charge on any atom is -0.297 e. The van der Waals surface area contributed by atoms with E-state index in [4.69, 9.17) is 0 Å². The van der Waals surface area contributed by atoms with Gasteiger partial charge in [0.25, 0.3) is 0 Å². The van der Waals surface area contributed by atoms with Crippen LogP contribution in [0.2, 0.25) is 0 Å². The van der Waals surface area contributed by atoms with Crippen LogP contribution in [0.4, 0.5) is 0 Å². The van der Waals surface area contributed by atoms with Crippen LogP contribution in [0.5, 0.6) is 0 Å². The number of benzene rings is 1. The van der Waals surface area contributed by atoms with Crippen LogP contribution in [0.3, 0.4) is 0 Å². The van der Waals surface area contributed by atoms with E-state index in [0.717, 1.165) is 13.1 Å². The fraction of sp³-hybridized carbons (Fsp3) is 0.786. The lowest BCUT2D eigenvalue weighted by molar-refractivity contribution is 0.204. The Balaban J connectivity index is 0.00000841. The Kier molecular flexibility index (Phi) is 21.6. The quantitative estimate of drug-likeness (QED) is 0.167. The molecule has 0 amide bonds. The maximum absolute atomic E-state index is 2.62. The first-order valence-corrected chi connectivity index (χ1v) is 13.1. The highest BCUT2D eigenvalue weighted by molar-refractivity contribution is 8.93. The summed E-state index contributed by atoms with van der Waals surface area (Å²) in [7, 11) is 0. The average molecular weight is 483 g/mol. The van der Waals surface area contributed by atoms with Crippen molar-refractivity contribution in [2.75, 3.05) is 13.1 Å². The highest BCUT2D eigenvalue weighted by Gasteiger charge is 2.16. The average Bonchev–Trinajstić information content (AvgIpc) is 2.76. The Bertz CT molecular complexity index is 443. The summed E-state index contributed by atoms with van der Waals surface area (Å²) in [5.41, 5.74) is 1.50. The Morgan fingerprint density at radius 2 is 0.967 bits per heavy atom. The monoisotopic (exact) mass is 481 g/mol. The van der Waals surface area contributed by atoms with Crippen LogP contribution in [-0.4, -0.2) is 18.0 Å². The zero-order valence-corrected chi connectivity index (χ0v) is 22.3. The Hall–Kier alpha value is -0.340. The molecule has 1 aromatic rings. The van der Waals surface area contributed by atoms with E-state index in [0.29, 0.717) is 6.04 Å². The van der Waals surface area contributed by atoms with Crippen molar-refractivity contribution in [3.05, 3.63) is 35.9 Å². The number of nitrogens with zero attached hydrogens (tertiary/aromatic N) is 1. The van der Waals surface area contributed by atoms with Crippen LogP contribution in [0.25, 0.3) is 0 Å². The third-order valence-corrected chi connectivity index (χ3v) is 6.52. The molecule has 2 heteroatoms. The van der Waals surface area contributed by atoms with Crippen molar-refractivity contribution < 1.29 is 0 Å². The third kappa shape index (κ3) is 14.6. The van der Waals surface area contributed by atoms with E-state index >= 15 is 0 Å². The molecule has 0 N–H and O–H groups in total. The summed E-state index contributed by atoms with van der Waals surface area (Å²) < 4.78 is 0. The zero-order valence-electron chi connectivity index (χ0n) is 20.5. The summed E-state index contributed by atoms with van der Waals surface area (Å²) in [4.78, 5) is 2.62. The first kappa shape index (κ1) is 29.7. The van der Waals surface area contributed by atoms with Gasteiger partial charge in [0.15, 0.2) is 0 Å². The van der Waals surface area contributed by atoms with Crippen LogP contribution >= 0.6 is 17.0 Å². The van der Waals surface area contributed by atoms with Gasteiger partial charge < -0.3 is 0 Å². The van der Waals surface area contributed by atoms with Crippen molar-refractivity contribution in [2.24, 2.45) is 0 Å². The molecule has 0 radical (unpaired) electrons. The molecule has 176 valence electrons. The summed E-state index contributed by atoms with van der Waals surface area (Å²) in [5, 5.41) is 0. The molecule has 0 aliphatic rings. The Morgan fingerprint density at radius 3 is 1.37 bits per heavy atom. The number of rotatable bonds is 20. The first-order valence-electron chi connectivity index (χ1n) is 13.1. The summed E-state index contributed by atoms with van der Waals surface area (Å²) in [5.74, 6) is 0. The van der Waals surface area contributed by atoms with Gasteiger partial charge in [-0.3, -0.25) is 4.90 Å². The molecule has 1 nitrogen and oxygen atoms in total. The number of hydrogen-bond acceptors (Lipinski definition) is 1. The minimum absolute atomic E-state index is 0. The van der Waals surface area contributed by atoms with Gasteiger partial charge in [-0.1, -0.05) is 147 Å². The summed E-state index contributed by atoms with van der Waals surface area (Å²) in [6, 6.07) is 11.8. The summed E-state index contributed by atoms with van der Waals surface area (Å²) in [6.45, 7) is 9.19. The van der Waals surface area contributed by atoms with Crippen LogP contribution in [0, 0.1) is 0 Å². The highest BCUT2D eigenvalue weighted by Crippen LogP contribution is 2.26. The van der Waals surface area contributed by atoms with Crippen molar-refractivity contribution in [3.8, 4) is 0 Å². The fourth-order valence-corrected chi connectivity index (χ4v) is 4.61. The molecule has 1 aromatic carbocycles. The predicted octanol–water partition coefficient (Wildman–Crippen LogP) is 9.91. The minimum atomic E-state index is 0. The molecule has 0 heterocycles. The SMILES string of the molecule is Br.CCCCCCCCCCCCCCCCCC(c1ccccc1)N(CC)CC. The van der Waals surface area contributed by atoms with Crippen LogP contribution in [-0.2, 0) is 0 Å². The van der Waals surface area contributed by atoms with E-state index in [2.05, 4.69) is 56.0 Å². The first-order chi connectivity index (χ1) is 14.3. The molecule has 0 fully saturated rings. The van der Waals surface area contributed by atoms with E-state index in [1.165, 1.54) is 108 Å². The lowest BCUT2D eigenvalue weighted by atomic mass is 9.98. The third-order valence-electron chi connectivity index (χ3n) is 6.52. The Morgan fingerprint density at radius 1 is 0.567 bits per heavy atom. The topological polar surface area (TPSA) is 3.24 Å². The smallest absolute Gasteiger partial charge is 0.0347 e. The van der Waals surface area contributed by atoms with Crippen molar-refractivity contribution in [1.82, 2.24) is 4.90 Å². The maximum Gasteiger partial charge on any atom is 0.0347 e. The predicted molar refractivity (Wildman–Crippen MR) is 142 cm³/mol. The van der Waals surface area contributed by atoms with E-state index in [1.807, 2.05) is 0 Å². The molecule has 0 aliphatic heterocycles. The fourth-order valence-electron chi connectivity index (χ4n) is 4.61. The molecule has 0 saturated heterocycles. The van der Waals surface area contributed by atoms with Gasteiger partial charge in [-0.15, -0.1) is 17.0 Å². The van der Waals surface area contributed by atoms with Gasteiger partial charge in [-0.25, -0.2) is 0 Å². The normalized spacial score (nSPS) is 12.1. The second-order valence-electron chi connectivity index (χ2n) is 8.89. The Labute approximate surface area is 200 Å². The second kappa shape index (κ2) is 21.9. The van der Waals surface area contributed by atoms with E-state index in [9.17, 15) is 0 Å². The maximum atomic E-state index is 2.62. The standard InChI is InChI=1S/C28H51N.BrH/c1-4-7-8-9-10-11-12-13-14-15-16-17-18-19-23-26-28(29(5-2)6-3)27-24-21-20-22-25-27;/h20-22,24-25,28H,4-19,23,26H2,1-3H3;1H. The van der Waals surface area contributed by atoms with Gasteiger partial charge >= 0.3 is 0 Å². The molecule has 0 aliphatic carbocycles. The molecule has 30 heavy (non-hydrogen) atoms. The zero-order chi connectivity index (χ0) is 21.0. The molecule has 1 rings (SSSR count). The van der Waals surface area contributed by atoms with Gasteiger partial charge in [0.05, 0.1) is 0 Å². The molecule has 1 unspecified atom stereocenters. The number of hydrogen-bond donors (Lipinski definition) is 0. The van der Waals surface area contributed by atoms with Gasteiger partial charge in [0.2, 0.25) is 0 Å². The largest absolute Gasteiger partial charge is 0.297 e. The van der Waals surface area contributed by atoms with Crippen molar-refractivity contribution in [2.45, 2.75) is 130 Å². The van der Waals surface area contributed by atoms with Crippen LogP contribution < -0.4 is 0 Å². The highest BCUT2D eigenvalue weighted by atomic mass is 79.9. The second-order valence-corrected chi connectivity index (χ2v) is 8.89. The van der Waals surface area contributed by atoms with Gasteiger partial charge in [0.1, 0.15) is 0 Å². The molecule has 0 spiro atoms. The molecular weight excluding hydrogens is 430 g/mol. The van der Waals surface area contributed by atoms with Gasteiger partial charge in [-0.2, -0.15) is 0 Å². The van der Waals surface area contributed by atoms with Crippen molar-refractivity contribution in [1.29, 1.82) is 0 Å². The molecule has 1 atom stereocenters. The lowest BCUT2D eigenvalue weighted by Gasteiger charge is -2.30. The number of halogens is 1. The molecule has 0 bridgehead atoms. The summed E-state index contributed by atoms with van der Waals surface area (Å²) in [6.07, 6.45) is 22.9. The molecule has 0 aromatic heterocycles. The summed E-state index contributed by atoms with van der Waals surface area (Å²) >= 11 is 0. The van der Waals surface area contributed by atoms with Crippen molar-refractivity contribution in [3.63, 3.8) is 0 Å². The molecule has 0 saturated carbocycles. The van der Waals surface area contributed by atoms with E-state index in [-0.39, 0.29) is 17.0 Å². The van der Waals surface area contributed by atoms with Crippen LogP contribution in [0.1, 0.15) is 135 Å². The molecular formula is C28H52BrN.